The Labute approximate surface area is 263 Å². The molecule has 222 valence electrons. The van der Waals surface area contributed by atoms with Crippen molar-refractivity contribution in [2.75, 3.05) is 0 Å². The maximum atomic E-state index is 10.8. The number of hydrogen-bond acceptors (Lipinski definition) is 10. The third kappa shape index (κ3) is 4.42. The van der Waals surface area contributed by atoms with Crippen LogP contribution in [0.15, 0.2) is 71.7 Å². The molecule has 0 saturated heterocycles. The minimum absolute atomic E-state index is 0.146. The number of phenols is 5. The number of hydrogen-bond donors (Lipinski definition) is 5. The lowest BCUT2D eigenvalue weighted by molar-refractivity contribution is 0.329. The van der Waals surface area contributed by atoms with Gasteiger partial charge in [0, 0.05) is 48.0 Å². The van der Waals surface area contributed by atoms with E-state index in [1.165, 1.54) is 11.3 Å². The fraction of sp³-hybridized carbons (Fsp3) is 0.0294. The SMILES string of the molecule is C=Cc1sc2c(-c3nc(-c4ccc5c(c4)oc4cc(Cl)ccc45)nc(-c4c(O)c(O)c(O)c(O)c4O)n3)cccc2c1/C=C\C. The second-order valence-electron chi connectivity index (χ2n) is 10.1. The van der Waals surface area contributed by atoms with Gasteiger partial charge in [0.15, 0.2) is 29.0 Å². The maximum absolute atomic E-state index is 10.8. The van der Waals surface area contributed by atoms with Crippen molar-refractivity contribution in [3.05, 3.63) is 82.7 Å². The number of thiophene rings is 1. The maximum Gasteiger partial charge on any atom is 0.208 e. The monoisotopic (exact) mass is 635 g/mol. The van der Waals surface area contributed by atoms with Crippen LogP contribution in [-0.4, -0.2) is 40.5 Å². The molecule has 0 aliphatic rings. The number of phenolic OH excluding ortho intramolecular Hbond substituents is 5. The summed E-state index contributed by atoms with van der Waals surface area (Å²) in [6.45, 7) is 5.89. The molecule has 7 aromatic rings. The van der Waals surface area contributed by atoms with Gasteiger partial charge < -0.3 is 29.9 Å². The molecule has 7 rings (SSSR count). The van der Waals surface area contributed by atoms with E-state index < -0.39 is 34.3 Å². The summed E-state index contributed by atoms with van der Waals surface area (Å²) in [7, 11) is 0. The van der Waals surface area contributed by atoms with Crippen molar-refractivity contribution in [2.45, 2.75) is 6.92 Å². The average Bonchev–Trinajstić information content (AvgIpc) is 3.59. The Morgan fingerprint density at radius 2 is 1.40 bits per heavy atom. The van der Waals surface area contributed by atoms with Crippen LogP contribution >= 0.6 is 22.9 Å². The Hall–Kier alpha value is -5.58. The molecule has 0 radical (unpaired) electrons. The number of furan rings is 1. The fourth-order valence-corrected chi connectivity index (χ4v) is 6.66. The van der Waals surface area contributed by atoms with Gasteiger partial charge in [0.25, 0.3) is 0 Å². The molecule has 0 amide bonds. The zero-order valence-corrected chi connectivity index (χ0v) is 25.0. The Morgan fingerprint density at radius 3 is 2.11 bits per heavy atom. The molecule has 3 aromatic heterocycles. The van der Waals surface area contributed by atoms with Crippen LogP contribution < -0.4 is 0 Å². The first-order chi connectivity index (χ1) is 21.7. The van der Waals surface area contributed by atoms with Gasteiger partial charge in [-0.3, -0.25) is 0 Å². The number of benzene rings is 4. The highest BCUT2D eigenvalue weighted by Gasteiger charge is 2.28. The fourth-order valence-electron chi connectivity index (χ4n) is 5.35. The molecule has 0 unspecified atom stereocenters. The van der Waals surface area contributed by atoms with Gasteiger partial charge in [-0.05, 0) is 42.8 Å². The molecule has 0 atom stereocenters. The van der Waals surface area contributed by atoms with Gasteiger partial charge >= 0.3 is 0 Å². The van der Waals surface area contributed by atoms with Gasteiger partial charge in [-0.25, -0.2) is 15.0 Å². The number of allylic oxidation sites excluding steroid dienone is 1. The Morgan fingerprint density at radius 1 is 0.756 bits per heavy atom. The first-order valence-corrected chi connectivity index (χ1v) is 14.8. The molecular formula is C34H22ClN3O6S. The highest BCUT2D eigenvalue weighted by Crippen LogP contribution is 2.54. The van der Waals surface area contributed by atoms with E-state index in [0.717, 1.165) is 31.3 Å². The van der Waals surface area contributed by atoms with Crippen LogP contribution in [0.2, 0.25) is 5.02 Å². The molecule has 5 N–H and O–H groups in total. The summed E-state index contributed by atoms with van der Waals surface area (Å²) < 4.78 is 6.93. The van der Waals surface area contributed by atoms with Crippen LogP contribution in [0.5, 0.6) is 28.7 Å². The summed E-state index contributed by atoms with van der Waals surface area (Å²) in [4.78, 5) is 14.8. The molecule has 4 aromatic carbocycles. The number of fused-ring (bicyclic) bond motifs is 4. The molecule has 0 saturated carbocycles. The van der Waals surface area contributed by atoms with Crippen LogP contribution in [0, 0.1) is 0 Å². The lowest BCUT2D eigenvalue weighted by atomic mass is 10.1. The normalized spacial score (nSPS) is 11.8. The molecule has 45 heavy (non-hydrogen) atoms. The predicted octanol–water partition coefficient (Wildman–Crippen LogP) is 8.84. The van der Waals surface area contributed by atoms with Gasteiger partial charge in [0.2, 0.25) is 17.2 Å². The second-order valence-corrected chi connectivity index (χ2v) is 11.6. The summed E-state index contributed by atoms with van der Waals surface area (Å²) in [5.41, 5.74) is 2.80. The molecule has 9 nitrogen and oxygen atoms in total. The van der Waals surface area contributed by atoms with Crippen molar-refractivity contribution in [3.8, 4) is 62.9 Å². The van der Waals surface area contributed by atoms with Crippen molar-refractivity contribution >= 4 is 67.1 Å². The van der Waals surface area contributed by atoms with E-state index in [4.69, 9.17) is 21.0 Å². The quantitative estimate of drug-likeness (QED) is 0.0921. The smallest absolute Gasteiger partial charge is 0.208 e. The minimum Gasteiger partial charge on any atom is -0.504 e. The van der Waals surface area contributed by atoms with Crippen molar-refractivity contribution in [3.63, 3.8) is 0 Å². The molecule has 0 aliphatic heterocycles. The molecule has 0 fully saturated rings. The van der Waals surface area contributed by atoms with E-state index in [2.05, 4.69) is 16.5 Å². The van der Waals surface area contributed by atoms with Crippen molar-refractivity contribution in [1.82, 2.24) is 15.0 Å². The van der Waals surface area contributed by atoms with Crippen molar-refractivity contribution in [1.29, 1.82) is 0 Å². The number of rotatable bonds is 5. The summed E-state index contributed by atoms with van der Waals surface area (Å²) >= 11 is 7.67. The summed E-state index contributed by atoms with van der Waals surface area (Å²) in [5.74, 6) is -4.95. The van der Waals surface area contributed by atoms with Gasteiger partial charge in [0.05, 0.1) is 0 Å². The Bertz CT molecular complexity index is 2370. The zero-order chi connectivity index (χ0) is 31.6. The summed E-state index contributed by atoms with van der Waals surface area (Å²) in [6.07, 6.45) is 5.72. The molecule has 0 aliphatic carbocycles. The highest BCUT2D eigenvalue weighted by molar-refractivity contribution is 7.20. The lowest BCUT2D eigenvalue weighted by Crippen LogP contribution is -2.01. The topological polar surface area (TPSA) is 153 Å². The van der Waals surface area contributed by atoms with Crippen LogP contribution in [-0.2, 0) is 0 Å². The van der Waals surface area contributed by atoms with E-state index >= 15 is 0 Å². The van der Waals surface area contributed by atoms with Gasteiger partial charge in [-0.1, -0.05) is 54.6 Å². The van der Waals surface area contributed by atoms with E-state index in [-0.39, 0.29) is 17.5 Å². The lowest BCUT2D eigenvalue weighted by Gasteiger charge is -2.13. The Balaban J connectivity index is 1.52. The standard InChI is InChI=1S/C34H22ClN3O6S/c1-3-6-19-20-7-5-8-21(31(20)45-24(19)4-2)33-36-32(37-34(38-33)25-26(39)28(41)30(43)29(42)27(25)40)15-9-11-17-18-12-10-16(35)14-23(18)44-22(17)13-15/h3-14,39-43H,2H2,1H3/b6-3-. The zero-order valence-electron chi connectivity index (χ0n) is 23.4. The van der Waals surface area contributed by atoms with Crippen LogP contribution in [0.1, 0.15) is 17.4 Å². The minimum atomic E-state index is -1.09. The van der Waals surface area contributed by atoms with E-state index in [1.807, 2.05) is 49.4 Å². The number of halogens is 1. The largest absolute Gasteiger partial charge is 0.504 e. The third-order valence-electron chi connectivity index (χ3n) is 7.47. The first-order valence-electron chi connectivity index (χ1n) is 13.6. The number of aromatic hydroxyl groups is 5. The highest BCUT2D eigenvalue weighted by atomic mass is 35.5. The van der Waals surface area contributed by atoms with E-state index in [1.54, 1.807) is 30.3 Å². The summed E-state index contributed by atoms with van der Waals surface area (Å²) in [5, 5.41) is 55.4. The van der Waals surface area contributed by atoms with E-state index in [0.29, 0.717) is 27.3 Å². The third-order valence-corrected chi connectivity index (χ3v) is 8.95. The molecule has 3 heterocycles. The molecular weight excluding hydrogens is 614 g/mol. The van der Waals surface area contributed by atoms with Crippen molar-refractivity contribution in [2.24, 2.45) is 0 Å². The van der Waals surface area contributed by atoms with Gasteiger partial charge in [-0.15, -0.1) is 11.3 Å². The summed E-state index contributed by atoms with van der Waals surface area (Å²) in [6, 6.07) is 16.5. The predicted molar refractivity (Wildman–Crippen MR) is 177 cm³/mol. The van der Waals surface area contributed by atoms with Crippen molar-refractivity contribution < 1.29 is 29.9 Å². The second kappa shape index (κ2) is 10.5. The molecule has 0 bridgehead atoms. The van der Waals surface area contributed by atoms with Gasteiger partial charge in [0.1, 0.15) is 16.7 Å². The average molecular weight is 636 g/mol. The number of nitrogens with zero attached hydrogens (tertiary/aromatic N) is 3. The molecule has 11 heteroatoms. The van der Waals surface area contributed by atoms with Crippen LogP contribution in [0.25, 0.3) is 78.3 Å². The first kappa shape index (κ1) is 28.2. The molecule has 0 spiro atoms. The van der Waals surface area contributed by atoms with Crippen LogP contribution in [0.3, 0.4) is 0 Å². The van der Waals surface area contributed by atoms with Crippen LogP contribution in [0.4, 0.5) is 0 Å². The Kier molecular flexibility index (Phi) is 6.61. The number of aromatic nitrogens is 3. The van der Waals surface area contributed by atoms with E-state index in [9.17, 15) is 25.5 Å². The van der Waals surface area contributed by atoms with Gasteiger partial charge in [-0.2, -0.15) is 0 Å².